The van der Waals surface area contributed by atoms with E-state index in [0.29, 0.717) is 30.1 Å². The molecule has 0 radical (unpaired) electrons. The van der Waals surface area contributed by atoms with Gasteiger partial charge in [-0.05, 0) is 43.2 Å². The molecular formula is C17H21NO5S. The summed E-state index contributed by atoms with van der Waals surface area (Å²) in [5.74, 6) is 0.345. The molecule has 24 heavy (non-hydrogen) atoms. The number of hydrogen-bond donors (Lipinski definition) is 2. The predicted octanol–water partition coefficient (Wildman–Crippen LogP) is 1.93. The fourth-order valence-corrected chi connectivity index (χ4v) is 4.19. The van der Waals surface area contributed by atoms with Crippen LogP contribution >= 0.6 is 11.8 Å². The molecule has 2 aliphatic heterocycles. The highest BCUT2D eigenvalue weighted by molar-refractivity contribution is 7.99. The predicted molar refractivity (Wildman–Crippen MR) is 90.7 cm³/mol. The van der Waals surface area contributed by atoms with Crippen molar-refractivity contribution >= 4 is 23.6 Å². The number of aliphatic carboxylic acids is 1. The third kappa shape index (κ3) is 3.84. The van der Waals surface area contributed by atoms with Crippen molar-refractivity contribution in [1.29, 1.82) is 0 Å². The maximum absolute atomic E-state index is 12.5. The fourth-order valence-electron chi connectivity index (χ4n) is 2.87. The van der Waals surface area contributed by atoms with Crippen LogP contribution in [0.4, 0.5) is 0 Å². The standard InChI is InChI=1S/C17H21NO5S/c19-15(18-17(16(20)21)6-8-24-11-17)12-3-1-4-13(9-12)23-10-14-5-2-7-22-14/h1,3-4,9,14H,2,5-8,10-11H2,(H,18,19)(H,20,21). The van der Waals surface area contributed by atoms with Gasteiger partial charge in [-0.1, -0.05) is 6.07 Å². The van der Waals surface area contributed by atoms with E-state index in [0.717, 1.165) is 25.2 Å². The number of amides is 1. The molecule has 2 unspecified atom stereocenters. The normalized spacial score (nSPS) is 26.2. The van der Waals surface area contributed by atoms with E-state index in [-0.39, 0.29) is 12.0 Å². The first kappa shape index (κ1) is 17.1. The number of benzene rings is 1. The minimum Gasteiger partial charge on any atom is -0.491 e. The molecule has 2 saturated heterocycles. The molecule has 1 aromatic carbocycles. The minimum atomic E-state index is -1.17. The Kier molecular flexibility index (Phi) is 5.30. The smallest absolute Gasteiger partial charge is 0.330 e. The number of carboxylic acids is 1. The maximum atomic E-state index is 12.5. The van der Waals surface area contributed by atoms with Gasteiger partial charge in [-0.25, -0.2) is 4.79 Å². The Morgan fingerprint density at radius 2 is 2.33 bits per heavy atom. The van der Waals surface area contributed by atoms with Crippen LogP contribution in [-0.2, 0) is 9.53 Å². The summed E-state index contributed by atoms with van der Waals surface area (Å²) in [6.07, 6.45) is 2.58. The minimum absolute atomic E-state index is 0.105. The molecule has 130 valence electrons. The average molecular weight is 351 g/mol. The van der Waals surface area contributed by atoms with Gasteiger partial charge in [-0.3, -0.25) is 4.79 Å². The van der Waals surface area contributed by atoms with E-state index in [1.165, 1.54) is 11.8 Å². The number of carbonyl (C=O) groups excluding carboxylic acids is 1. The highest BCUT2D eigenvalue weighted by Crippen LogP contribution is 2.29. The zero-order chi connectivity index (χ0) is 17.0. The van der Waals surface area contributed by atoms with E-state index >= 15 is 0 Å². The number of ether oxygens (including phenoxy) is 2. The molecular weight excluding hydrogens is 330 g/mol. The van der Waals surface area contributed by atoms with Gasteiger partial charge < -0.3 is 19.9 Å². The molecule has 0 spiro atoms. The lowest BCUT2D eigenvalue weighted by atomic mass is 9.98. The van der Waals surface area contributed by atoms with Crippen LogP contribution in [0.1, 0.15) is 29.6 Å². The maximum Gasteiger partial charge on any atom is 0.330 e. The van der Waals surface area contributed by atoms with Gasteiger partial charge in [-0.15, -0.1) is 0 Å². The third-order valence-corrected chi connectivity index (χ3v) is 5.53. The van der Waals surface area contributed by atoms with Crippen molar-refractivity contribution < 1.29 is 24.2 Å². The second kappa shape index (κ2) is 7.44. The first-order chi connectivity index (χ1) is 11.6. The molecule has 0 bridgehead atoms. The molecule has 0 saturated carbocycles. The zero-order valence-electron chi connectivity index (χ0n) is 13.3. The van der Waals surface area contributed by atoms with Crippen molar-refractivity contribution in [3.05, 3.63) is 29.8 Å². The van der Waals surface area contributed by atoms with E-state index in [9.17, 15) is 14.7 Å². The van der Waals surface area contributed by atoms with Crippen LogP contribution in [0.2, 0.25) is 0 Å². The highest BCUT2D eigenvalue weighted by Gasteiger charge is 2.43. The summed E-state index contributed by atoms with van der Waals surface area (Å²) in [5, 5.41) is 12.1. The number of carbonyl (C=O) groups is 2. The fraction of sp³-hybridized carbons (Fsp3) is 0.529. The quantitative estimate of drug-likeness (QED) is 0.815. The molecule has 2 N–H and O–H groups in total. The second-order valence-electron chi connectivity index (χ2n) is 6.12. The molecule has 2 heterocycles. The van der Waals surface area contributed by atoms with Gasteiger partial charge in [0, 0.05) is 17.9 Å². The van der Waals surface area contributed by atoms with E-state index in [4.69, 9.17) is 9.47 Å². The Labute approximate surface area is 144 Å². The summed E-state index contributed by atoms with van der Waals surface area (Å²) >= 11 is 1.54. The lowest BCUT2D eigenvalue weighted by Gasteiger charge is -2.24. The molecule has 1 amide bonds. The highest BCUT2D eigenvalue weighted by atomic mass is 32.2. The number of thioether (sulfide) groups is 1. The third-order valence-electron chi connectivity index (χ3n) is 4.34. The van der Waals surface area contributed by atoms with Crippen molar-refractivity contribution in [2.24, 2.45) is 0 Å². The first-order valence-electron chi connectivity index (χ1n) is 8.07. The van der Waals surface area contributed by atoms with Gasteiger partial charge in [-0.2, -0.15) is 11.8 Å². The largest absolute Gasteiger partial charge is 0.491 e. The lowest BCUT2D eigenvalue weighted by molar-refractivity contribution is -0.143. The van der Waals surface area contributed by atoms with E-state index in [1.807, 2.05) is 0 Å². The summed E-state index contributed by atoms with van der Waals surface area (Å²) in [6.45, 7) is 1.23. The summed E-state index contributed by atoms with van der Waals surface area (Å²) in [5.41, 5.74) is -0.770. The van der Waals surface area contributed by atoms with Crippen LogP contribution in [0.25, 0.3) is 0 Å². The van der Waals surface area contributed by atoms with Crippen molar-refractivity contribution in [2.75, 3.05) is 24.7 Å². The molecule has 0 aromatic heterocycles. The van der Waals surface area contributed by atoms with Gasteiger partial charge in [0.05, 0.1) is 6.10 Å². The first-order valence-corrected chi connectivity index (χ1v) is 9.23. The Bertz CT molecular complexity index is 609. The average Bonchev–Trinajstić information content (AvgIpc) is 3.25. The Hall–Kier alpha value is -1.73. The molecule has 2 atom stereocenters. The Morgan fingerprint density at radius 1 is 1.46 bits per heavy atom. The van der Waals surface area contributed by atoms with Crippen LogP contribution in [0.5, 0.6) is 5.75 Å². The summed E-state index contributed by atoms with van der Waals surface area (Å²) in [6, 6.07) is 6.81. The van der Waals surface area contributed by atoms with Gasteiger partial charge in [0.15, 0.2) is 0 Å². The monoisotopic (exact) mass is 351 g/mol. The van der Waals surface area contributed by atoms with E-state index < -0.39 is 11.5 Å². The summed E-state index contributed by atoms with van der Waals surface area (Å²) in [7, 11) is 0. The topological polar surface area (TPSA) is 84.9 Å². The molecule has 1 aromatic rings. The van der Waals surface area contributed by atoms with E-state index in [2.05, 4.69) is 5.32 Å². The SMILES string of the molecule is O=C(NC1(C(=O)O)CCSC1)c1cccc(OCC2CCCO2)c1. The number of nitrogens with one attached hydrogen (secondary N) is 1. The Balaban J connectivity index is 1.64. The van der Waals surface area contributed by atoms with Crippen LogP contribution < -0.4 is 10.1 Å². The molecule has 6 nitrogen and oxygen atoms in total. The summed E-state index contributed by atoms with van der Waals surface area (Å²) in [4.78, 5) is 24.0. The molecule has 3 rings (SSSR count). The van der Waals surface area contributed by atoms with Crippen molar-refractivity contribution in [3.8, 4) is 5.75 Å². The van der Waals surface area contributed by atoms with Crippen molar-refractivity contribution in [3.63, 3.8) is 0 Å². The second-order valence-corrected chi connectivity index (χ2v) is 7.22. The van der Waals surface area contributed by atoms with Crippen LogP contribution in [-0.4, -0.2) is 53.3 Å². The van der Waals surface area contributed by atoms with Gasteiger partial charge in [0.2, 0.25) is 0 Å². The van der Waals surface area contributed by atoms with Gasteiger partial charge >= 0.3 is 5.97 Å². The molecule has 7 heteroatoms. The van der Waals surface area contributed by atoms with Crippen molar-refractivity contribution in [1.82, 2.24) is 5.32 Å². The number of carboxylic acid groups (broad SMARTS) is 1. The summed E-state index contributed by atoms with van der Waals surface area (Å²) < 4.78 is 11.2. The van der Waals surface area contributed by atoms with E-state index in [1.54, 1.807) is 24.3 Å². The number of hydrogen-bond acceptors (Lipinski definition) is 5. The molecule has 0 aliphatic carbocycles. The lowest BCUT2D eigenvalue weighted by Crippen LogP contribution is -2.54. The molecule has 2 aliphatic rings. The van der Waals surface area contributed by atoms with Gasteiger partial charge in [0.25, 0.3) is 5.91 Å². The Morgan fingerprint density at radius 3 is 3.00 bits per heavy atom. The van der Waals surface area contributed by atoms with Crippen molar-refractivity contribution in [2.45, 2.75) is 30.9 Å². The van der Waals surface area contributed by atoms with Crippen LogP contribution in [0.3, 0.4) is 0 Å². The number of rotatable bonds is 6. The molecule has 2 fully saturated rings. The van der Waals surface area contributed by atoms with Gasteiger partial charge in [0.1, 0.15) is 17.9 Å². The van der Waals surface area contributed by atoms with Crippen LogP contribution in [0, 0.1) is 0 Å². The van der Waals surface area contributed by atoms with Crippen LogP contribution in [0.15, 0.2) is 24.3 Å². The zero-order valence-corrected chi connectivity index (χ0v) is 14.1.